The van der Waals surface area contributed by atoms with E-state index >= 15 is 0 Å². The topological polar surface area (TPSA) is 79.1 Å². The summed E-state index contributed by atoms with van der Waals surface area (Å²) < 4.78 is 19.2. The Hall–Kier alpha value is -3.65. The first-order valence-electron chi connectivity index (χ1n) is 12.5. The van der Waals surface area contributed by atoms with E-state index in [0.717, 1.165) is 17.7 Å². The van der Waals surface area contributed by atoms with Crippen LogP contribution >= 0.6 is 11.3 Å². The minimum Gasteiger partial charge on any atom is -0.494 e. The molecule has 194 valence electrons. The lowest BCUT2D eigenvalue weighted by Gasteiger charge is -2.26. The number of para-hydroxylation sites is 1. The van der Waals surface area contributed by atoms with Crippen molar-refractivity contribution in [2.45, 2.75) is 53.2 Å². The zero-order chi connectivity index (χ0) is 26.5. The van der Waals surface area contributed by atoms with Gasteiger partial charge in [-0.05, 0) is 64.0 Å². The van der Waals surface area contributed by atoms with E-state index in [1.807, 2.05) is 68.5 Å². The van der Waals surface area contributed by atoms with Crippen LogP contribution in [0.25, 0.3) is 6.08 Å². The summed E-state index contributed by atoms with van der Waals surface area (Å²) in [6.45, 7) is 10.3. The van der Waals surface area contributed by atoms with E-state index in [0.29, 0.717) is 38.5 Å². The molecule has 0 amide bonds. The molecule has 8 heteroatoms. The lowest BCUT2D eigenvalue weighted by molar-refractivity contribution is -0.139. The Morgan fingerprint density at radius 1 is 1.14 bits per heavy atom. The molecular formula is C29H32N2O5S. The smallest absolute Gasteiger partial charge is 0.338 e. The van der Waals surface area contributed by atoms with Gasteiger partial charge in [-0.3, -0.25) is 9.36 Å². The summed E-state index contributed by atoms with van der Waals surface area (Å²) in [6, 6.07) is 14.4. The highest BCUT2D eigenvalue weighted by molar-refractivity contribution is 7.07. The van der Waals surface area contributed by atoms with Crippen LogP contribution in [0.15, 0.2) is 69.6 Å². The molecule has 0 bridgehead atoms. The molecular weight excluding hydrogens is 488 g/mol. The zero-order valence-electron chi connectivity index (χ0n) is 21.8. The van der Waals surface area contributed by atoms with Crippen molar-refractivity contribution in [1.29, 1.82) is 0 Å². The molecule has 0 spiro atoms. The second-order valence-corrected chi connectivity index (χ2v) is 9.93. The van der Waals surface area contributed by atoms with Crippen molar-refractivity contribution in [3.8, 4) is 11.5 Å². The molecule has 0 saturated heterocycles. The number of ether oxygens (including phenoxy) is 3. The maximum absolute atomic E-state index is 13.8. The maximum atomic E-state index is 13.8. The SMILES string of the molecule is CCCOc1ccc(/C=c2/sc3n(c2=O)[C@@H](c2ccccc2OC(C)C)C(C(=O)OCC)=C(C)N=3)cc1. The number of allylic oxidation sites excluding steroid dienone is 1. The van der Waals surface area contributed by atoms with Gasteiger partial charge in [-0.15, -0.1) is 0 Å². The van der Waals surface area contributed by atoms with Crippen LogP contribution < -0.4 is 24.4 Å². The summed E-state index contributed by atoms with van der Waals surface area (Å²) in [5.41, 5.74) is 2.20. The van der Waals surface area contributed by atoms with Gasteiger partial charge < -0.3 is 14.2 Å². The summed E-state index contributed by atoms with van der Waals surface area (Å²) in [6.07, 6.45) is 2.69. The number of hydrogen-bond donors (Lipinski definition) is 0. The van der Waals surface area contributed by atoms with Crippen molar-refractivity contribution in [2.75, 3.05) is 13.2 Å². The first-order chi connectivity index (χ1) is 17.8. The van der Waals surface area contributed by atoms with Gasteiger partial charge in [0.1, 0.15) is 17.5 Å². The van der Waals surface area contributed by atoms with Gasteiger partial charge in [0, 0.05) is 5.56 Å². The van der Waals surface area contributed by atoms with E-state index in [1.54, 1.807) is 18.4 Å². The van der Waals surface area contributed by atoms with Crippen molar-refractivity contribution >= 4 is 23.4 Å². The van der Waals surface area contributed by atoms with E-state index in [1.165, 1.54) is 11.3 Å². The Bertz CT molecular complexity index is 1480. The van der Waals surface area contributed by atoms with Gasteiger partial charge in [0.25, 0.3) is 5.56 Å². The lowest BCUT2D eigenvalue weighted by Crippen LogP contribution is -2.40. The highest BCUT2D eigenvalue weighted by Crippen LogP contribution is 2.36. The minimum atomic E-state index is -0.725. The Kier molecular flexibility index (Phi) is 8.28. The standard InChI is InChI=1S/C29H32N2O5S/c1-6-16-35-21-14-12-20(13-15-21)17-24-27(32)31-26(22-10-8-9-11-23(22)36-18(3)4)25(28(33)34-7-2)19(5)30-29(31)37-24/h8-15,17-18,26H,6-7,16H2,1-5H3/b24-17+/t26-/m0/s1. The van der Waals surface area contributed by atoms with Crippen molar-refractivity contribution in [3.05, 3.63) is 90.6 Å². The van der Waals surface area contributed by atoms with E-state index in [4.69, 9.17) is 14.2 Å². The highest BCUT2D eigenvalue weighted by atomic mass is 32.1. The molecule has 37 heavy (non-hydrogen) atoms. The molecule has 3 aromatic rings. The van der Waals surface area contributed by atoms with Crippen LogP contribution in [0, 0.1) is 0 Å². The lowest BCUT2D eigenvalue weighted by atomic mass is 9.95. The zero-order valence-corrected chi connectivity index (χ0v) is 22.6. The third kappa shape index (κ3) is 5.69. The van der Waals surface area contributed by atoms with Crippen LogP contribution in [0.5, 0.6) is 11.5 Å². The van der Waals surface area contributed by atoms with E-state index in [-0.39, 0.29) is 18.3 Å². The Balaban J connectivity index is 1.88. The summed E-state index contributed by atoms with van der Waals surface area (Å²) >= 11 is 1.29. The van der Waals surface area contributed by atoms with Crippen LogP contribution in [-0.4, -0.2) is 29.9 Å². The third-order valence-corrected chi connectivity index (χ3v) is 6.73. The second kappa shape index (κ2) is 11.6. The third-order valence-electron chi connectivity index (χ3n) is 5.74. The number of carbonyl (C=O) groups excluding carboxylic acids is 1. The van der Waals surface area contributed by atoms with Gasteiger partial charge in [0.2, 0.25) is 0 Å². The number of aromatic nitrogens is 1. The average Bonchev–Trinajstić information content (AvgIpc) is 3.17. The van der Waals surface area contributed by atoms with Crippen LogP contribution in [0.4, 0.5) is 0 Å². The fourth-order valence-electron chi connectivity index (χ4n) is 4.19. The molecule has 1 aliphatic rings. The van der Waals surface area contributed by atoms with Crippen molar-refractivity contribution in [3.63, 3.8) is 0 Å². The molecule has 0 N–H and O–H groups in total. The predicted octanol–water partition coefficient (Wildman–Crippen LogP) is 4.37. The van der Waals surface area contributed by atoms with Crippen LogP contribution in [-0.2, 0) is 9.53 Å². The number of carbonyl (C=O) groups is 1. The predicted molar refractivity (Wildman–Crippen MR) is 145 cm³/mol. The fourth-order valence-corrected chi connectivity index (χ4v) is 5.23. The molecule has 1 aromatic heterocycles. The molecule has 1 atom stereocenters. The number of esters is 1. The molecule has 0 aliphatic carbocycles. The fraction of sp³-hybridized carbons (Fsp3) is 0.345. The van der Waals surface area contributed by atoms with Crippen molar-refractivity contribution < 1.29 is 19.0 Å². The summed E-state index contributed by atoms with van der Waals surface area (Å²) in [4.78, 5) is 32.1. The second-order valence-electron chi connectivity index (χ2n) is 8.92. The first-order valence-corrected chi connectivity index (χ1v) is 13.3. The van der Waals surface area contributed by atoms with Crippen molar-refractivity contribution in [1.82, 2.24) is 4.57 Å². The molecule has 2 heterocycles. The Morgan fingerprint density at radius 2 is 1.86 bits per heavy atom. The van der Waals surface area contributed by atoms with Gasteiger partial charge in [-0.1, -0.05) is 48.6 Å². The minimum absolute atomic E-state index is 0.0858. The number of thiazole rings is 1. The molecule has 0 radical (unpaired) electrons. The number of hydrogen-bond acceptors (Lipinski definition) is 7. The molecule has 2 aromatic carbocycles. The van der Waals surface area contributed by atoms with Crippen LogP contribution in [0.2, 0.25) is 0 Å². The molecule has 7 nitrogen and oxygen atoms in total. The van der Waals surface area contributed by atoms with Crippen LogP contribution in [0.3, 0.4) is 0 Å². The van der Waals surface area contributed by atoms with Crippen molar-refractivity contribution in [2.24, 2.45) is 4.99 Å². The summed E-state index contributed by atoms with van der Waals surface area (Å²) in [7, 11) is 0. The summed E-state index contributed by atoms with van der Waals surface area (Å²) in [5.74, 6) is 0.901. The average molecular weight is 521 g/mol. The number of benzene rings is 2. The Labute approximate surface area is 220 Å². The van der Waals surface area contributed by atoms with E-state index < -0.39 is 12.0 Å². The van der Waals surface area contributed by atoms with Gasteiger partial charge in [-0.2, -0.15) is 0 Å². The molecule has 1 aliphatic heterocycles. The van der Waals surface area contributed by atoms with Gasteiger partial charge >= 0.3 is 5.97 Å². The van der Waals surface area contributed by atoms with E-state index in [2.05, 4.69) is 11.9 Å². The van der Waals surface area contributed by atoms with E-state index in [9.17, 15) is 9.59 Å². The number of fused-ring (bicyclic) bond motifs is 1. The molecule has 0 fully saturated rings. The van der Waals surface area contributed by atoms with Gasteiger partial charge in [0.05, 0.1) is 35.1 Å². The Morgan fingerprint density at radius 3 is 2.54 bits per heavy atom. The molecule has 0 unspecified atom stereocenters. The van der Waals surface area contributed by atoms with Gasteiger partial charge in [-0.25, -0.2) is 9.79 Å². The normalized spacial score (nSPS) is 15.4. The number of nitrogens with zero attached hydrogens (tertiary/aromatic N) is 2. The number of rotatable bonds is 9. The molecule has 4 rings (SSSR count). The monoisotopic (exact) mass is 520 g/mol. The molecule has 0 saturated carbocycles. The highest BCUT2D eigenvalue weighted by Gasteiger charge is 2.35. The quantitative estimate of drug-likeness (QED) is 0.392. The largest absolute Gasteiger partial charge is 0.494 e. The first kappa shape index (κ1) is 26.4. The van der Waals surface area contributed by atoms with Crippen LogP contribution in [0.1, 0.15) is 58.2 Å². The summed E-state index contributed by atoms with van der Waals surface area (Å²) in [5, 5.41) is 0. The van der Waals surface area contributed by atoms with Gasteiger partial charge in [0.15, 0.2) is 4.80 Å². The maximum Gasteiger partial charge on any atom is 0.338 e.